The molecule has 0 saturated heterocycles. The zero-order valence-electron chi connectivity index (χ0n) is 20.9. The summed E-state index contributed by atoms with van der Waals surface area (Å²) in [5.74, 6) is 0. The first-order valence-corrected chi connectivity index (χ1v) is 14.0. The third kappa shape index (κ3) is 6.28. The largest absolute Gasteiger partial charge is 0.347 e. The first-order valence-electron chi connectivity index (χ1n) is 12.2. The number of hydrogen-bond acceptors (Lipinski definition) is 4. The van der Waals surface area contributed by atoms with Crippen molar-refractivity contribution in [3.8, 4) is 0 Å². The Hall–Kier alpha value is -2.75. The van der Waals surface area contributed by atoms with Crippen molar-refractivity contribution in [1.29, 1.82) is 0 Å². The van der Waals surface area contributed by atoms with Crippen molar-refractivity contribution in [2.45, 2.75) is 58.4 Å². The van der Waals surface area contributed by atoms with Gasteiger partial charge in [0.15, 0.2) is 5.11 Å². The minimum atomic E-state index is -3.57. The van der Waals surface area contributed by atoms with E-state index in [1.165, 1.54) is 5.56 Å². The third-order valence-electron chi connectivity index (χ3n) is 5.82. The second kappa shape index (κ2) is 12.3. The lowest BCUT2D eigenvalue weighted by Gasteiger charge is -2.21. The van der Waals surface area contributed by atoms with E-state index in [0.717, 1.165) is 48.0 Å². The van der Waals surface area contributed by atoms with Gasteiger partial charge in [0.05, 0.1) is 11.1 Å². The lowest BCUT2D eigenvalue weighted by molar-refractivity contribution is 0.410. The van der Waals surface area contributed by atoms with Crippen molar-refractivity contribution in [1.82, 2.24) is 14.3 Å². The molecule has 0 aliphatic carbocycles. The van der Waals surface area contributed by atoms with Crippen molar-refractivity contribution >= 4 is 50.2 Å². The topological polar surface area (TPSA) is 78.7 Å². The van der Waals surface area contributed by atoms with E-state index in [9.17, 15) is 8.42 Å². The van der Waals surface area contributed by atoms with Crippen molar-refractivity contribution in [2.24, 2.45) is 5.10 Å². The van der Waals surface area contributed by atoms with Gasteiger partial charge < -0.3 is 9.88 Å². The molecule has 0 bridgehead atoms. The number of aryl methyl sites for hydroxylation is 2. The Morgan fingerprint density at radius 2 is 1.80 bits per heavy atom. The van der Waals surface area contributed by atoms with Gasteiger partial charge in [-0.3, -0.25) is 5.43 Å². The normalized spacial score (nSPS) is 12.0. The van der Waals surface area contributed by atoms with Crippen LogP contribution in [-0.4, -0.2) is 41.7 Å². The fourth-order valence-electron chi connectivity index (χ4n) is 4.09. The van der Waals surface area contributed by atoms with Gasteiger partial charge >= 0.3 is 0 Å². The number of nitrogens with zero attached hydrogens (tertiary/aromatic N) is 3. The first kappa shape index (κ1) is 26.8. The van der Waals surface area contributed by atoms with E-state index >= 15 is 0 Å². The molecule has 1 aromatic heterocycles. The monoisotopic (exact) mass is 513 g/mol. The van der Waals surface area contributed by atoms with Gasteiger partial charge in [-0.1, -0.05) is 39.0 Å². The predicted octanol–water partition coefficient (Wildman–Crippen LogP) is 5.35. The van der Waals surface area contributed by atoms with Crippen molar-refractivity contribution in [3.63, 3.8) is 0 Å². The van der Waals surface area contributed by atoms with Crippen LogP contribution in [0.15, 0.2) is 58.7 Å². The van der Waals surface area contributed by atoms with Crippen LogP contribution in [0.2, 0.25) is 0 Å². The number of hydrazone groups is 1. The maximum Gasteiger partial charge on any atom is 0.243 e. The molecule has 0 saturated carbocycles. The molecule has 0 fully saturated rings. The maximum absolute atomic E-state index is 13.3. The van der Waals surface area contributed by atoms with Crippen LogP contribution < -0.4 is 10.7 Å². The Morgan fingerprint density at radius 3 is 2.46 bits per heavy atom. The van der Waals surface area contributed by atoms with E-state index in [2.05, 4.69) is 40.3 Å². The molecular weight excluding hydrogens is 478 g/mol. The van der Waals surface area contributed by atoms with Crippen molar-refractivity contribution < 1.29 is 8.42 Å². The van der Waals surface area contributed by atoms with Crippen LogP contribution in [0, 0.1) is 0 Å². The summed E-state index contributed by atoms with van der Waals surface area (Å²) in [6.07, 6.45) is 6.10. The van der Waals surface area contributed by atoms with Gasteiger partial charge in [0.1, 0.15) is 0 Å². The third-order valence-corrected chi connectivity index (χ3v) is 7.91. The maximum atomic E-state index is 13.3. The molecule has 0 amide bonds. The Balaban J connectivity index is 1.86. The molecule has 0 atom stereocenters. The summed E-state index contributed by atoms with van der Waals surface area (Å²) < 4.78 is 30.3. The minimum absolute atomic E-state index is 0.303. The predicted molar refractivity (Wildman–Crippen MR) is 150 cm³/mol. The van der Waals surface area contributed by atoms with Gasteiger partial charge in [0.2, 0.25) is 10.0 Å². The van der Waals surface area contributed by atoms with Gasteiger partial charge in [0, 0.05) is 48.0 Å². The van der Waals surface area contributed by atoms with E-state index < -0.39 is 10.0 Å². The average molecular weight is 514 g/mol. The summed E-state index contributed by atoms with van der Waals surface area (Å²) in [5, 5.41) is 8.73. The Bertz CT molecular complexity index is 1290. The second-order valence-electron chi connectivity index (χ2n) is 8.29. The van der Waals surface area contributed by atoms with E-state index in [0.29, 0.717) is 23.1 Å². The molecule has 9 heteroatoms. The molecule has 0 radical (unpaired) electrons. The highest BCUT2D eigenvalue weighted by Crippen LogP contribution is 2.26. The number of sulfonamides is 1. The number of aromatic nitrogens is 1. The zero-order valence-corrected chi connectivity index (χ0v) is 22.5. The van der Waals surface area contributed by atoms with E-state index in [-0.39, 0.29) is 0 Å². The highest BCUT2D eigenvalue weighted by atomic mass is 32.2. The molecule has 0 aliphatic rings. The molecule has 2 aromatic carbocycles. The smallest absolute Gasteiger partial charge is 0.243 e. The summed E-state index contributed by atoms with van der Waals surface area (Å²) in [6, 6.07) is 13.3. The Labute approximate surface area is 214 Å². The van der Waals surface area contributed by atoms with Crippen LogP contribution >= 0.6 is 12.2 Å². The van der Waals surface area contributed by atoms with Gasteiger partial charge in [-0.2, -0.15) is 9.41 Å². The van der Waals surface area contributed by atoms with Crippen LogP contribution in [0.5, 0.6) is 0 Å². The van der Waals surface area contributed by atoms with Crippen LogP contribution in [0.1, 0.15) is 51.7 Å². The second-order valence-corrected chi connectivity index (χ2v) is 10.6. The van der Waals surface area contributed by atoms with Gasteiger partial charge in [-0.25, -0.2) is 8.42 Å². The van der Waals surface area contributed by atoms with Crippen LogP contribution in [0.4, 0.5) is 5.69 Å². The molecule has 2 N–H and O–H groups in total. The summed E-state index contributed by atoms with van der Waals surface area (Å²) >= 11 is 5.40. The highest BCUT2D eigenvalue weighted by molar-refractivity contribution is 7.89. The Morgan fingerprint density at radius 1 is 1.09 bits per heavy atom. The summed E-state index contributed by atoms with van der Waals surface area (Å²) in [5.41, 5.74) is 6.77. The fraction of sp³-hybridized carbons (Fsp3) is 0.385. The number of rotatable bonds is 11. The molecular formula is C26H35N5O2S2. The standard InChI is InChI=1S/C26H35N5O2S2/c1-5-15-31(16-6-2)35(32,33)22-13-14-25-23(17-22)21(19-30(25)8-4)18-27-29-26(34)28-24-12-10-9-11-20(24)7-3/h9-14,17-19H,5-8,15-16H2,1-4H3,(H2,28,29,34). The SMILES string of the molecule is CCCN(CCC)S(=O)(=O)c1ccc2c(c1)c(C=NNC(=S)Nc1ccccc1CC)cn2CC. The first-order chi connectivity index (χ1) is 16.8. The van der Waals surface area contributed by atoms with E-state index in [1.54, 1.807) is 22.7 Å². The molecule has 0 unspecified atom stereocenters. The molecule has 7 nitrogen and oxygen atoms in total. The zero-order chi connectivity index (χ0) is 25.4. The summed E-state index contributed by atoms with van der Waals surface area (Å²) in [6.45, 7) is 9.90. The number of para-hydroxylation sites is 1. The lowest BCUT2D eigenvalue weighted by Crippen LogP contribution is -2.32. The van der Waals surface area contributed by atoms with E-state index in [1.807, 2.05) is 44.3 Å². The Kier molecular flexibility index (Phi) is 9.42. The fourth-order valence-corrected chi connectivity index (χ4v) is 5.90. The van der Waals surface area contributed by atoms with Crippen molar-refractivity contribution in [2.75, 3.05) is 18.4 Å². The number of hydrogen-bond donors (Lipinski definition) is 2. The van der Waals surface area contributed by atoms with Gasteiger partial charge in [-0.15, -0.1) is 0 Å². The van der Waals surface area contributed by atoms with Crippen molar-refractivity contribution in [3.05, 3.63) is 59.8 Å². The number of nitrogens with one attached hydrogen (secondary N) is 2. The molecule has 0 spiro atoms. The minimum Gasteiger partial charge on any atom is -0.347 e. The molecule has 188 valence electrons. The van der Waals surface area contributed by atoms with E-state index in [4.69, 9.17) is 12.2 Å². The number of benzene rings is 2. The summed E-state index contributed by atoms with van der Waals surface area (Å²) in [7, 11) is -3.57. The summed E-state index contributed by atoms with van der Waals surface area (Å²) in [4.78, 5) is 0.303. The van der Waals surface area contributed by atoms with Crippen LogP contribution in [0.25, 0.3) is 10.9 Å². The molecule has 35 heavy (non-hydrogen) atoms. The van der Waals surface area contributed by atoms with Gasteiger partial charge in [0.25, 0.3) is 0 Å². The lowest BCUT2D eigenvalue weighted by atomic mass is 10.1. The molecule has 3 rings (SSSR count). The molecule has 1 heterocycles. The molecule has 3 aromatic rings. The van der Waals surface area contributed by atoms with Gasteiger partial charge in [-0.05, 0) is 68.2 Å². The van der Waals surface area contributed by atoms with Crippen LogP contribution in [0.3, 0.4) is 0 Å². The van der Waals surface area contributed by atoms with Crippen LogP contribution in [-0.2, 0) is 23.0 Å². The highest BCUT2D eigenvalue weighted by Gasteiger charge is 2.24. The average Bonchev–Trinajstić information content (AvgIpc) is 3.21. The number of anilines is 1. The quantitative estimate of drug-likeness (QED) is 0.205. The number of fused-ring (bicyclic) bond motifs is 1. The number of thiocarbonyl (C=S) groups is 1. The molecule has 0 aliphatic heterocycles.